The molecule has 0 aromatic carbocycles. The van der Waals surface area contributed by atoms with Crippen LogP contribution >= 0.6 is 22.6 Å². The number of fused-ring (bicyclic) bond motifs is 1. The molecular weight excluding hydrogens is 309 g/mol. The van der Waals surface area contributed by atoms with E-state index in [1.807, 2.05) is 6.20 Å². The van der Waals surface area contributed by atoms with E-state index < -0.39 is 0 Å². The molecule has 0 spiro atoms. The molecule has 3 heterocycles. The minimum Gasteiger partial charge on any atom is -0.257 e. The van der Waals surface area contributed by atoms with E-state index in [9.17, 15) is 0 Å². The minimum absolute atomic E-state index is 0.595. The Balaban J connectivity index is 2.30. The van der Waals surface area contributed by atoms with Crippen molar-refractivity contribution in [3.63, 3.8) is 0 Å². The molecule has 8 heteroatoms. The van der Waals surface area contributed by atoms with Gasteiger partial charge in [-0.05, 0) is 33.0 Å². The maximum Gasteiger partial charge on any atom is 0.199 e. The molecule has 0 fully saturated rings. The lowest BCUT2D eigenvalue weighted by Crippen LogP contribution is -2.04. The Morgan fingerprint density at radius 2 is 2.13 bits per heavy atom. The third-order valence-corrected chi connectivity index (χ3v) is 2.43. The molecule has 0 amide bonds. The first-order chi connectivity index (χ1) is 7.34. The van der Waals surface area contributed by atoms with Crippen LogP contribution in [0.25, 0.3) is 11.5 Å². The largest absolute Gasteiger partial charge is 0.257 e. The zero-order chi connectivity index (χ0) is 10.3. The van der Waals surface area contributed by atoms with Crippen molar-refractivity contribution in [1.29, 1.82) is 0 Å². The predicted octanol–water partition coefficient (Wildman–Crippen LogP) is 0.310. The maximum absolute atomic E-state index is 4.17. The second-order valence-corrected chi connectivity index (χ2v) is 4.06. The molecule has 3 aromatic heterocycles. The summed E-state index contributed by atoms with van der Waals surface area (Å²) in [4.78, 5) is 4.04. The standard InChI is InChI=1S/C7H4IN7/c8-5-1-10-14(4-5)7-3-9-2-6-11-12-13-15(6)7/h1-4H. The molecule has 15 heavy (non-hydrogen) atoms. The molecule has 0 unspecified atom stereocenters. The Bertz CT molecular complexity index is 612. The first-order valence-electron chi connectivity index (χ1n) is 4.07. The number of aromatic nitrogens is 7. The van der Waals surface area contributed by atoms with Gasteiger partial charge in [0.25, 0.3) is 0 Å². The van der Waals surface area contributed by atoms with Crippen LogP contribution < -0.4 is 0 Å². The lowest BCUT2D eigenvalue weighted by Gasteiger charge is -2.00. The Hall–Kier alpha value is -1.58. The van der Waals surface area contributed by atoms with Crippen molar-refractivity contribution < 1.29 is 0 Å². The van der Waals surface area contributed by atoms with Crippen LogP contribution in [0.1, 0.15) is 0 Å². The summed E-state index contributed by atoms with van der Waals surface area (Å²) in [7, 11) is 0. The first-order valence-corrected chi connectivity index (χ1v) is 5.15. The molecule has 0 bridgehead atoms. The summed E-state index contributed by atoms with van der Waals surface area (Å²) in [5.41, 5.74) is 0.595. The number of hydrogen-bond donors (Lipinski definition) is 0. The van der Waals surface area contributed by atoms with Gasteiger partial charge in [0.05, 0.1) is 22.2 Å². The van der Waals surface area contributed by atoms with E-state index in [0.29, 0.717) is 11.5 Å². The van der Waals surface area contributed by atoms with Gasteiger partial charge in [-0.3, -0.25) is 4.98 Å². The van der Waals surface area contributed by atoms with Gasteiger partial charge in [0.1, 0.15) is 0 Å². The summed E-state index contributed by atoms with van der Waals surface area (Å²) >= 11 is 2.19. The van der Waals surface area contributed by atoms with E-state index in [1.165, 1.54) is 0 Å². The van der Waals surface area contributed by atoms with Crippen molar-refractivity contribution >= 4 is 28.2 Å². The zero-order valence-electron chi connectivity index (χ0n) is 7.32. The normalized spacial score (nSPS) is 11.0. The number of halogens is 1. The molecule has 0 aliphatic carbocycles. The van der Waals surface area contributed by atoms with Crippen LogP contribution in [0.2, 0.25) is 0 Å². The van der Waals surface area contributed by atoms with Crippen LogP contribution in [0, 0.1) is 3.57 Å². The highest BCUT2D eigenvalue weighted by atomic mass is 127. The Morgan fingerprint density at radius 1 is 1.20 bits per heavy atom. The van der Waals surface area contributed by atoms with E-state index in [-0.39, 0.29) is 0 Å². The average molecular weight is 313 g/mol. The van der Waals surface area contributed by atoms with Crippen molar-refractivity contribution in [3.8, 4) is 5.82 Å². The summed E-state index contributed by atoms with van der Waals surface area (Å²) in [6.07, 6.45) is 6.88. The lowest BCUT2D eigenvalue weighted by molar-refractivity contribution is 0.746. The molecule has 3 rings (SSSR count). The van der Waals surface area contributed by atoms with Gasteiger partial charge >= 0.3 is 0 Å². The molecule has 0 aliphatic heterocycles. The highest BCUT2D eigenvalue weighted by molar-refractivity contribution is 14.1. The van der Waals surface area contributed by atoms with E-state index in [0.717, 1.165) is 3.57 Å². The third-order valence-electron chi connectivity index (χ3n) is 1.88. The molecule has 0 saturated heterocycles. The van der Waals surface area contributed by atoms with Crippen LogP contribution in [-0.4, -0.2) is 34.8 Å². The van der Waals surface area contributed by atoms with Crippen molar-refractivity contribution in [2.45, 2.75) is 0 Å². The molecule has 0 aliphatic rings. The van der Waals surface area contributed by atoms with Crippen LogP contribution in [0.3, 0.4) is 0 Å². The van der Waals surface area contributed by atoms with Gasteiger partial charge < -0.3 is 0 Å². The first kappa shape index (κ1) is 8.71. The van der Waals surface area contributed by atoms with Crippen LogP contribution in [-0.2, 0) is 0 Å². The fourth-order valence-corrected chi connectivity index (χ4v) is 1.63. The molecule has 0 N–H and O–H groups in total. The second kappa shape index (κ2) is 3.22. The van der Waals surface area contributed by atoms with Crippen LogP contribution in [0.5, 0.6) is 0 Å². The van der Waals surface area contributed by atoms with Gasteiger partial charge in [-0.2, -0.15) is 9.61 Å². The minimum atomic E-state index is 0.595. The van der Waals surface area contributed by atoms with Gasteiger partial charge in [0.2, 0.25) is 0 Å². The summed E-state index contributed by atoms with van der Waals surface area (Å²) in [6.45, 7) is 0. The van der Waals surface area contributed by atoms with Crippen molar-refractivity contribution in [2.75, 3.05) is 0 Å². The van der Waals surface area contributed by atoms with Crippen molar-refractivity contribution in [2.24, 2.45) is 0 Å². The summed E-state index contributed by atoms with van der Waals surface area (Å²) in [6, 6.07) is 0. The molecule has 0 saturated carbocycles. The number of rotatable bonds is 1. The fourth-order valence-electron chi connectivity index (χ4n) is 1.25. The van der Waals surface area contributed by atoms with E-state index >= 15 is 0 Å². The van der Waals surface area contributed by atoms with Gasteiger partial charge in [-0.15, -0.1) is 5.10 Å². The topological polar surface area (TPSA) is 73.8 Å². The second-order valence-electron chi connectivity index (χ2n) is 2.82. The van der Waals surface area contributed by atoms with E-state index in [4.69, 9.17) is 0 Å². The molecule has 74 valence electrons. The van der Waals surface area contributed by atoms with Gasteiger partial charge in [0, 0.05) is 6.20 Å². The highest BCUT2D eigenvalue weighted by Gasteiger charge is 2.06. The SMILES string of the molecule is Ic1cnn(-c2cncc3nnnn23)c1. The average Bonchev–Trinajstić information content (AvgIpc) is 2.84. The lowest BCUT2D eigenvalue weighted by atomic mass is 10.6. The molecule has 7 nitrogen and oxygen atoms in total. The molecular formula is C7H4IN7. The number of nitrogens with zero attached hydrogens (tertiary/aromatic N) is 7. The summed E-state index contributed by atoms with van der Waals surface area (Å²) < 4.78 is 4.30. The van der Waals surface area contributed by atoms with Crippen molar-refractivity contribution in [1.82, 2.24) is 34.8 Å². The van der Waals surface area contributed by atoms with Gasteiger partial charge in [0.15, 0.2) is 11.5 Å². The van der Waals surface area contributed by atoms with Crippen LogP contribution in [0.4, 0.5) is 0 Å². The monoisotopic (exact) mass is 313 g/mol. The Labute approximate surface area is 97.3 Å². The molecule has 3 aromatic rings. The quantitative estimate of drug-likeness (QED) is 0.605. The molecule has 0 atom stereocenters. The van der Waals surface area contributed by atoms with E-state index in [2.05, 4.69) is 48.2 Å². The Kier molecular flexibility index (Phi) is 1.87. The maximum atomic E-state index is 4.17. The number of tetrazole rings is 1. The summed E-state index contributed by atoms with van der Waals surface area (Å²) in [5.74, 6) is 0.709. The Morgan fingerprint density at radius 3 is 2.93 bits per heavy atom. The number of hydrogen-bond acceptors (Lipinski definition) is 5. The third kappa shape index (κ3) is 1.37. The predicted molar refractivity (Wildman–Crippen MR) is 58.4 cm³/mol. The zero-order valence-corrected chi connectivity index (χ0v) is 9.48. The molecule has 0 radical (unpaired) electrons. The fraction of sp³-hybridized carbons (Fsp3) is 0. The highest BCUT2D eigenvalue weighted by Crippen LogP contribution is 2.08. The summed E-state index contributed by atoms with van der Waals surface area (Å²) in [5, 5.41) is 15.4. The van der Waals surface area contributed by atoms with E-state index in [1.54, 1.807) is 27.8 Å². The van der Waals surface area contributed by atoms with Gasteiger partial charge in [-0.1, -0.05) is 0 Å². The van der Waals surface area contributed by atoms with Crippen molar-refractivity contribution in [3.05, 3.63) is 28.4 Å². The van der Waals surface area contributed by atoms with Gasteiger partial charge in [-0.25, -0.2) is 4.68 Å². The van der Waals surface area contributed by atoms with Crippen LogP contribution in [0.15, 0.2) is 24.8 Å². The smallest absolute Gasteiger partial charge is 0.199 e.